The lowest BCUT2D eigenvalue weighted by Gasteiger charge is -2.07. The van der Waals surface area contributed by atoms with Gasteiger partial charge in [0.2, 0.25) is 0 Å². The highest BCUT2D eigenvalue weighted by Gasteiger charge is 2.09. The van der Waals surface area contributed by atoms with E-state index in [1.165, 1.54) is 15.9 Å². The van der Waals surface area contributed by atoms with Crippen molar-refractivity contribution in [2.75, 3.05) is 5.43 Å². The molecule has 0 aromatic carbocycles. The Morgan fingerprint density at radius 3 is 2.95 bits per heavy atom. The van der Waals surface area contributed by atoms with Crippen LogP contribution in [0.15, 0.2) is 28.5 Å². The van der Waals surface area contributed by atoms with Crippen LogP contribution in [0, 0.1) is 6.92 Å². The summed E-state index contributed by atoms with van der Waals surface area (Å²) in [5.74, 6) is 6.54. The zero-order valence-corrected chi connectivity index (χ0v) is 11.5. The number of hydrogen-bond donors (Lipinski definition) is 2. The number of hydrazine groups is 1. The first-order valence-electron chi connectivity index (χ1n) is 5.92. The van der Waals surface area contributed by atoms with Gasteiger partial charge in [-0.1, -0.05) is 0 Å². The van der Waals surface area contributed by atoms with Crippen molar-refractivity contribution in [1.29, 1.82) is 0 Å². The van der Waals surface area contributed by atoms with Crippen LogP contribution in [0.3, 0.4) is 0 Å². The standard InChI is InChI=1S/C12H12N6OS/c1-7-2-4-18(12(19)14-7)6-9-15-10(17-13)8-3-5-20-11(8)16-9/h2-5H,6,13H2,1H3,(H,15,16,17). The molecule has 8 heteroatoms. The van der Waals surface area contributed by atoms with Crippen LogP contribution in [0.25, 0.3) is 10.2 Å². The van der Waals surface area contributed by atoms with E-state index in [0.717, 1.165) is 10.2 Å². The van der Waals surface area contributed by atoms with E-state index in [1.54, 1.807) is 19.2 Å². The highest BCUT2D eigenvalue weighted by molar-refractivity contribution is 7.16. The molecule has 0 amide bonds. The third kappa shape index (κ3) is 2.26. The number of aryl methyl sites for hydroxylation is 1. The monoisotopic (exact) mass is 288 g/mol. The van der Waals surface area contributed by atoms with Crippen molar-refractivity contribution < 1.29 is 0 Å². The SMILES string of the molecule is Cc1ccn(Cc2nc(NN)c3ccsc3n2)c(=O)n1. The highest BCUT2D eigenvalue weighted by Crippen LogP contribution is 2.24. The van der Waals surface area contributed by atoms with Crippen molar-refractivity contribution in [3.05, 3.63) is 45.7 Å². The van der Waals surface area contributed by atoms with Crippen molar-refractivity contribution in [1.82, 2.24) is 19.5 Å². The summed E-state index contributed by atoms with van der Waals surface area (Å²) in [4.78, 5) is 25.2. The molecule has 7 nitrogen and oxygen atoms in total. The number of anilines is 1. The Bertz CT molecular complexity index is 824. The maximum atomic E-state index is 11.8. The second kappa shape index (κ2) is 4.99. The third-order valence-electron chi connectivity index (χ3n) is 2.83. The third-order valence-corrected chi connectivity index (χ3v) is 3.64. The van der Waals surface area contributed by atoms with Crippen molar-refractivity contribution in [2.24, 2.45) is 5.84 Å². The zero-order valence-electron chi connectivity index (χ0n) is 10.7. The Hall–Kier alpha value is -2.32. The number of nitrogens with one attached hydrogen (secondary N) is 1. The predicted molar refractivity (Wildman–Crippen MR) is 77.6 cm³/mol. The van der Waals surface area contributed by atoms with E-state index < -0.39 is 0 Å². The largest absolute Gasteiger partial charge is 0.348 e. The summed E-state index contributed by atoms with van der Waals surface area (Å²) in [5, 5.41) is 2.79. The fourth-order valence-electron chi connectivity index (χ4n) is 1.87. The Balaban J connectivity index is 2.04. The van der Waals surface area contributed by atoms with E-state index in [2.05, 4.69) is 20.4 Å². The van der Waals surface area contributed by atoms with Gasteiger partial charge in [0.25, 0.3) is 0 Å². The van der Waals surface area contributed by atoms with Crippen LogP contribution in [0.1, 0.15) is 11.5 Å². The Morgan fingerprint density at radius 2 is 2.20 bits per heavy atom. The summed E-state index contributed by atoms with van der Waals surface area (Å²) in [5.41, 5.74) is 2.93. The molecule has 3 N–H and O–H groups in total. The van der Waals surface area contributed by atoms with Gasteiger partial charge in [0, 0.05) is 11.9 Å². The number of nitrogen functional groups attached to an aromatic ring is 1. The van der Waals surface area contributed by atoms with Crippen molar-refractivity contribution in [3.8, 4) is 0 Å². The van der Waals surface area contributed by atoms with Crippen LogP contribution in [-0.4, -0.2) is 19.5 Å². The quantitative estimate of drug-likeness (QED) is 0.548. The maximum absolute atomic E-state index is 11.8. The number of nitrogens with two attached hydrogens (primary N) is 1. The molecule has 3 heterocycles. The first-order chi connectivity index (χ1) is 9.67. The molecule has 0 saturated carbocycles. The molecule has 3 rings (SSSR count). The molecular weight excluding hydrogens is 276 g/mol. The molecule has 0 bridgehead atoms. The number of hydrogen-bond acceptors (Lipinski definition) is 7. The molecule has 0 atom stereocenters. The first kappa shape index (κ1) is 12.7. The minimum Gasteiger partial charge on any atom is -0.308 e. The molecular formula is C12H12N6OS. The van der Waals surface area contributed by atoms with Gasteiger partial charge in [-0.25, -0.2) is 20.6 Å². The molecule has 3 aromatic rings. The minimum atomic E-state index is -0.317. The van der Waals surface area contributed by atoms with Gasteiger partial charge >= 0.3 is 5.69 Å². The molecule has 0 radical (unpaired) electrons. The second-order valence-corrected chi connectivity index (χ2v) is 5.15. The summed E-state index contributed by atoms with van der Waals surface area (Å²) >= 11 is 1.50. The Morgan fingerprint density at radius 1 is 1.35 bits per heavy atom. The van der Waals surface area contributed by atoms with Gasteiger partial charge in [-0.3, -0.25) is 4.57 Å². The number of rotatable bonds is 3. The average Bonchev–Trinajstić information content (AvgIpc) is 2.89. The number of fused-ring (bicyclic) bond motifs is 1. The van der Waals surface area contributed by atoms with Crippen LogP contribution < -0.4 is 17.0 Å². The molecule has 0 unspecified atom stereocenters. The fourth-order valence-corrected chi connectivity index (χ4v) is 2.65. The maximum Gasteiger partial charge on any atom is 0.348 e. The van der Waals surface area contributed by atoms with Gasteiger partial charge in [-0.15, -0.1) is 11.3 Å². The smallest absolute Gasteiger partial charge is 0.308 e. The number of nitrogens with zero attached hydrogens (tertiary/aromatic N) is 4. The van der Waals surface area contributed by atoms with Gasteiger partial charge in [-0.2, -0.15) is 4.98 Å². The molecule has 0 saturated heterocycles. The molecule has 0 aliphatic carbocycles. The van der Waals surface area contributed by atoms with Gasteiger partial charge in [-0.05, 0) is 24.4 Å². The average molecular weight is 288 g/mol. The molecule has 20 heavy (non-hydrogen) atoms. The minimum absolute atomic E-state index is 0.259. The van der Waals surface area contributed by atoms with Crippen LogP contribution in [0.4, 0.5) is 5.82 Å². The summed E-state index contributed by atoms with van der Waals surface area (Å²) < 4.78 is 1.46. The molecule has 0 fully saturated rings. The lowest BCUT2D eigenvalue weighted by molar-refractivity contribution is 0.690. The van der Waals surface area contributed by atoms with Gasteiger partial charge in [0.05, 0.1) is 11.9 Å². The molecule has 3 aromatic heterocycles. The first-order valence-corrected chi connectivity index (χ1v) is 6.80. The van der Waals surface area contributed by atoms with Gasteiger partial charge in [0.1, 0.15) is 4.83 Å². The van der Waals surface area contributed by atoms with Gasteiger partial charge < -0.3 is 5.43 Å². The predicted octanol–water partition coefficient (Wildman–Crippen LogP) is 0.890. The van der Waals surface area contributed by atoms with Crippen molar-refractivity contribution in [2.45, 2.75) is 13.5 Å². The summed E-state index contributed by atoms with van der Waals surface area (Å²) in [6.07, 6.45) is 1.68. The summed E-state index contributed by atoms with van der Waals surface area (Å²) in [6, 6.07) is 3.67. The zero-order chi connectivity index (χ0) is 14.1. The highest BCUT2D eigenvalue weighted by atomic mass is 32.1. The van der Waals surface area contributed by atoms with E-state index in [-0.39, 0.29) is 12.2 Å². The molecule has 0 aliphatic heterocycles. The van der Waals surface area contributed by atoms with Crippen LogP contribution in [0.2, 0.25) is 0 Å². The Kier molecular flexibility index (Phi) is 3.17. The molecule has 0 spiro atoms. The van der Waals surface area contributed by atoms with E-state index in [9.17, 15) is 4.79 Å². The van der Waals surface area contributed by atoms with E-state index in [1.807, 2.05) is 11.4 Å². The van der Waals surface area contributed by atoms with Crippen LogP contribution in [0.5, 0.6) is 0 Å². The Labute approximate surface area is 118 Å². The number of aromatic nitrogens is 4. The van der Waals surface area contributed by atoms with Gasteiger partial charge in [0.15, 0.2) is 11.6 Å². The van der Waals surface area contributed by atoms with E-state index in [0.29, 0.717) is 17.3 Å². The van der Waals surface area contributed by atoms with Crippen molar-refractivity contribution in [3.63, 3.8) is 0 Å². The molecule has 0 aliphatic rings. The van der Waals surface area contributed by atoms with Crippen LogP contribution >= 0.6 is 11.3 Å². The fraction of sp³-hybridized carbons (Fsp3) is 0.167. The van der Waals surface area contributed by atoms with E-state index >= 15 is 0 Å². The molecule has 102 valence electrons. The lowest BCUT2D eigenvalue weighted by Crippen LogP contribution is -2.24. The van der Waals surface area contributed by atoms with Crippen LogP contribution in [-0.2, 0) is 6.54 Å². The van der Waals surface area contributed by atoms with Crippen molar-refractivity contribution >= 4 is 27.4 Å². The van der Waals surface area contributed by atoms with E-state index in [4.69, 9.17) is 5.84 Å². The topological polar surface area (TPSA) is 98.7 Å². The number of thiophene rings is 1. The lowest BCUT2D eigenvalue weighted by atomic mass is 10.3. The summed E-state index contributed by atoms with van der Waals surface area (Å²) in [7, 11) is 0. The normalized spacial score (nSPS) is 10.9. The second-order valence-electron chi connectivity index (χ2n) is 4.25. The summed E-state index contributed by atoms with van der Waals surface area (Å²) in [6.45, 7) is 2.03.